The SMILES string of the molecule is CC1CCC(O)(c2sccc2Cl)C1. The van der Waals surface area contributed by atoms with Crippen LogP contribution in [0.5, 0.6) is 0 Å². The molecule has 0 radical (unpaired) electrons. The fourth-order valence-corrected chi connectivity index (χ4v) is 3.47. The molecule has 3 heteroatoms. The minimum absolute atomic E-state index is 0.614. The molecular formula is C10H13ClOS. The van der Waals surface area contributed by atoms with E-state index in [-0.39, 0.29) is 0 Å². The molecule has 0 bridgehead atoms. The second-order valence-electron chi connectivity index (χ2n) is 3.98. The molecule has 13 heavy (non-hydrogen) atoms. The van der Waals surface area contributed by atoms with Crippen LogP contribution in [0.3, 0.4) is 0 Å². The number of rotatable bonds is 1. The molecule has 0 saturated heterocycles. The summed E-state index contributed by atoms with van der Waals surface area (Å²) in [5.74, 6) is 0.614. The normalized spacial score (nSPS) is 33.9. The molecule has 0 aliphatic heterocycles. The molecule has 72 valence electrons. The highest BCUT2D eigenvalue weighted by Crippen LogP contribution is 2.46. The molecule has 1 aliphatic rings. The van der Waals surface area contributed by atoms with E-state index in [0.717, 1.165) is 29.2 Å². The zero-order valence-corrected chi connectivity index (χ0v) is 9.16. The quantitative estimate of drug-likeness (QED) is 0.763. The molecule has 1 fully saturated rings. The van der Waals surface area contributed by atoms with Gasteiger partial charge in [-0.15, -0.1) is 11.3 Å². The number of thiophene rings is 1. The van der Waals surface area contributed by atoms with Crippen LogP contribution in [0.2, 0.25) is 5.02 Å². The van der Waals surface area contributed by atoms with E-state index in [1.54, 1.807) is 11.3 Å². The molecule has 1 aliphatic carbocycles. The molecule has 0 amide bonds. The summed E-state index contributed by atoms with van der Waals surface area (Å²) in [4.78, 5) is 0.957. The van der Waals surface area contributed by atoms with Gasteiger partial charge in [0, 0.05) is 0 Å². The van der Waals surface area contributed by atoms with Crippen LogP contribution in [0.15, 0.2) is 11.4 Å². The Labute approximate surface area is 87.4 Å². The highest BCUT2D eigenvalue weighted by Gasteiger charge is 2.39. The standard InChI is InChI=1S/C10H13ClOS/c1-7-2-4-10(12,6-7)9-8(11)3-5-13-9/h3,5,7,12H,2,4,6H2,1H3. The molecule has 1 nitrogen and oxygen atoms in total. The van der Waals surface area contributed by atoms with Crippen molar-refractivity contribution in [2.45, 2.75) is 31.8 Å². The Balaban J connectivity index is 2.30. The third-order valence-corrected chi connectivity index (χ3v) is 4.31. The molecule has 2 rings (SSSR count). The van der Waals surface area contributed by atoms with Gasteiger partial charge in [-0.25, -0.2) is 0 Å². The topological polar surface area (TPSA) is 20.2 Å². The first kappa shape index (κ1) is 9.50. The van der Waals surface area contributed by atoms with Crippen molar-refractivity contribution in [1.82, 2.24) is 0 Å². The summed E-state index contributed by atoms with van der Waals surface area (Å²) >= 11 is 7.57. The number of halogens is 1. The molecule has 2 unspecified atom stereocenters. The first-order valence-electron chi connectivity index (χ1n) is 4.58. The van der Waals surface area contributed by atoms with Crippen molar-refractivity contribution in [3.8, 4) is 0 Å². The summed E-state index contributed by atoms with van der Waals surface area (Å²) in [6, 6.07) is 1.86. The highest BCUT2D eigenvalue weighted by molar-refractivity contribution is 7.10. The van der Waals surface area contributed by atoms with Crippen molar-refractivity contribution in [2.75, 3.05) is 0 Å². The molecule has 1 saturated carbocycles. The van der Waals surface area contributed by atoms with Crippen LogP contribution < -0.4 is 0 Å². The lowest BCUT2D eigenvalue weighted by Crippen LogP contribution is -2.20. The Morgan fingerprint density at radius 2 is 2.46 bits per heavy atom. The van der Waals surface area contributed by atoms with Crippen molar-refractivity contribution in [2.24, 2.45) is 5.92 Å². The van der Waals surface area contributed by atoms with Gasteiger partial charge >= 0.3 is 0 Å². The van der Waals surface area contributed by atoms with Gasteiger partial charge < -0.3 is 5.11 Å². The monoisotopic (exact) mass is 216 g/mol. The van der Waals surface area contributed by atoms with E-state index >= 15 is 0 Å². The van der Waals surface area contributed by atoms with Crippen molar-refractivity contribution in [3.63, 3.8) is 0 Å². The third-order valence-electron chi connectivity index (χ3n) is 2.78. The molecule has 1 aromatic rings. The maximum Gasteiger partial charge on any atom is 0.100 e. The lowest BCUT2D eigenvalue weighted by molar-refractivity contribution is 0.0447. The van der Waals surface area contributed by atoms with Gasteiger partial charge in [0.2, 0.25) is 0 Å². The van der Waals surface area contributed by atoms with E-state index in [2.05, 4.69) is 6.92 Å². The predicted octanol–water partition coefficient (Wildman–Crippen LogP) is 3.41. The zero-order valence-electron chi connectivity index (χ0n) is 7.59. The maximum atomic E-state index is 10.3. The summed E-state index contributed by atoms with van der Waals surface area (Å²) in [7, 11) is 0. The minimum Gasteiger partial charge on any atom is -0.384 e. The van der Waals surface area contributed by atoms with Crippen molar-refractivity contribution in [3.05, 3.63) is 21.3 Å². The Morgan fingerprint density at radius 1 is 1.69 bits per heavy atom. The first-order valence-corrected chi connectivity index (χ1v) is 5.83. The number of aliphatic hydroxyl groups is 1. The second-order valence-corrected chi connectivity index (χ2v) is 5.30. The molecule has 0 spiro atoms. The van der Waals surface area contributed by atoms with Gasteiger partial charge in [-0.3, -0.25) is 0 Å². The highest BCUT2D eigenvalue weighted by atomic mass is 35.5. The first-order chi connectivity index (χ1) is 6.12. The van der Waals surface area contributed by atoms with Gasteiger partial charge in [-0.2, -0.15) is 0 Å². The van der Waals surface area contributed by atoms with E-state index in [1.807, 2.05) is 11.4 Å². The van der Waals surface area contributed by atoms with E-state index in [9.17, 15) is 5.11 Å². The van der Waals surface area contributed by atoms with Gasteiger partial charge in [0.05, 0.1) is 9.90 Å². The third kappa shape index (κ3) is 1.63. The predicted molar refractivity (Wildman–Crippen MR) is 56.2 cm³/mol. The number of hydrogen-bond acceptors (Lipinski definition) is 2. The smallest absolute Gasteiger partial charge is 0.100 e. The summed E-state index contributed by atoms with van der Waals surface area (Å²) in [6.07, 6.45) is 2.81. The van der Waals surface area contributed by atoms with Crippen LogP contribution in [-0.4, -0.2) is 5.11 Å². The Bertz CT molecular complexity index is 310. The minimum atomic E-state index is -0.634. The van der Waals surface area contributed by atoms with E-state index in [0.29, 0.717) is 5.92 Å². The van der Waals surface area contributed by atoms with Crippen LogP contribution in [0.1, 0.15) is 31.1 Å². The molecule has 1 aromatic heterocycles. The van der Waals surface area contributed by atoms with Crippen molar-refractivity contribution in [1.29, 1.82) is 0 Å². The molecule has 2 atom stereocenters. The van der Waals surface area contributed by atoms with Gasteiger partial charge in [0.25, 0.3) is 0 Å². The van der Waals surface area contributed by atoms with Crippen molar-refractivity contribution < 1.29 is 5.11 Å². The summed E-state index contributed by atoms with van der Waals surface area (Å²) in [6.45, 7) is 2.18. The fraction of sp³-hybridized carbons (Fsp3) is 0.600. The van der Waals surface area contributed by atoms with Crippen LogP contribution in [-0.2, 0) is 5.60 Å². The van der Waals surface area contributed by atoms with Crippen LogP contribution in [0.4, 0.5) is 0 Å². The summed E-state index contributed by atoms with van der Waals surface area (Å²) in [5, 5.41) is 13.0. The van der Waals surface area contributed by atoms with Gasteiger partial charge in [-0.05, 0) is 36.6 Å². The summed E-state index contributed by atoms with van der Waals surface area (Å²) < 4.78 is 0. The van der Waals surface area contributed by atoms with E-state index < -0.39 is 5.60 Å². The fourth-order valence-electron chi connectivity index (χ4n) is 2.10. The van der Waals surface area contributed by atoms with Crippen LogP contribution in [0, 0.1) is 5.92 Å². The Morgan fingerprint density at radius 3 is 2.92 bits per heavy atom. The zero-order chi connectivity index (χ0) is 9.47. The largest absolute Gasteiger partial charge is 0.384 e. The molecule has 1 heterocycles. The Hall–Kier alpha value is -0.0500. The van der Waals surface area contributed by atoms with E-state index in [1.165, 1.54) is 0 Å². The molecular weight excluding hydrogens is 204 g/mol. The average molecular weight is 217 g/mol. The average Bonchev–Trinajstić information content (AvgIpc) is 2.59. The van der Waals surface area contributed by atoms with Crippen molar-refractivity contribution >= 4 is 22.9 Å². The van der Waals surface area contributed by atoms with Gasteiger partial charge in [0.15, 0.2) is 0 Å². The van der Waals surface area contributed by atoms with Gasteiger partial charge in [0.1, 0.15) is 5.60 Å². The molecule has 0 aromatic carbocycles. The van der Waals surface area contributed by atoms with Crippen LogP contribution in [0.25, 0.3) is 0 Å². The maximum absolute atomic E-state index is 10.3. The lowest BCUT2D eigenvalue weighted by atomic mass is 9.99. The van der Waals surface area contributed by atoms with E-state index in [4.69, 9.17) is 11.6 Å². The second kappa shape index (κ2) is 3.26. The number of hydrogen-bond donors (Lipinski definition) is 1. The molecule has 1 N–H and O–H groups in total. The summed E-state index contributed by atoms with van der Waals surface area (Å²) in [5.41, 5.74) is -0.634. The van der Waals surface area contributed by atoms with Gasteiger partial charge in [-0.1, -0.05) is 18.5 Å². The van der Waals surface area contributed by atoms with Crippen LogP contribution >= 0.6 is 22.9 Å². The lowest BCUT2D eigenvalue weighted by Gasteiger charge is -2.21. The Kier molecular flexibility index (Phi) is 2.39.